The maximum atomic E-state index is 7.32. The summed E-state index contributed by atoms with van der Waals surface area (Å²) in [6.07, 6.45) is 0. The molecule has 0 unspecified atom stereocenters. The largest absolute Gasteiger partial charge is 0.456 e. The van der Waals surface area contributed by atoms with Crippen molar-refractivity contribution in [2.75, 3.05) is 9.80 Å². The van der Waals surface area contributed by atoms with Crippen LogP contribution >= 0.6 is 0 Å². The second-order valence-electron chi connectivity index (χ2n) is 29.3. The highest BCUT2D eigenvalue weighted by Gasteiger charge is 2.53. The van der Waals surface area contributed by atoms with Crippen molar-refractivity contribution in [3.8, 4) is 22.3 Å². The first-order valence-corrected chi connectivity index (χ1v) is 31.7. The van der Waals surface area contributed by atoms with Gasteiger partial charge in [0.25, 0.3) is 0 Å². The van der Waals surface area contributed by atoms with Crippen LogP contribution in [0.15, 0.2) is 239 Å². The topological polar surface area (TPSA) is 32.8 Å². The van der Waals surface area contributed by atoms with Crippen molar-refractivity contribution in [3.63, 3.8) is 0 Å². The van der Waals surface area contributed by atoms with Gasteiger partial charge in [-0.25, -0.2) is 0 Å². The van der Waals surface area contributed by atoms with Crippen molar-refractivity contribution in [2.24, 2.45) is 0 Å². The van der Waals surface area contributed by atoms with Crippen molar-refractivity contribution in [3.05, 3.63) is 275 Å². The average molecular weight is 1160 g/mol. The second kappa shape index (κ2) is 19.2. The smallest absolute Gasteiger partial charge is 0.160 e. The Morgan fingerprint density at radius 1 is 0.292 bits per heavy atom. The van der Waals surface area contributed by atoms with E-state index >= 15 is 0 Å². The molecule has 89 heavy (non-hydrogen) atoms. The summed E-state index contributed by atoms with van der Waals surface area (Å²) in [4.78, 5) is 4.94. The Hall–Kier alpha value is -9.64. The number of benzene rings is 12. The number of anilines is 6. The summed E-state index contributed by atoms with van der Waals surface area (Å²) in [5, 5.41) is 8.95. The molecule has 2 aromatic heterocycles. The second-order valence-corrected chi connectivity index (χ2v) is 29.3. The van der Waals surface area contributed by atoms with Gasteiger partial charge in [-0.15, -0.1) is 0 Å². The zero-order valence-corrected chi connectivity index (χ0v) is 53.2. The quantitative estimate of drug-likeness (QED) is 0.166. The summed E-state index contributed by atoms with van der Waals surface area (Å²) in [7, 11) is 0. The van der Waals surface area contributed by atoms with Crippen molar-refractivity contribution in [1.82, 2.24) is 0 Å². The summed E-state index contributed by atoms with van der Waals surface area (Å²) < 4.78 is 14.2. The molecular formula is C85H74N2O2. The van der Waals surface area contributed by atoms with Gasteiger partial charge in [-0.2, -0.15) is 0 Å². The van der Waals surface area contributed by atoms with E-state index < -0.39 is 5.41 Å². The van der Waals surface area contributed by atoms with E-state index in [0.29, 0.717) is 0 Å². The van der Waals surface area contributed by atoms with E-state index in [1.54, 1.807) is 0 Å². The van der Waals surface area contributed by atoms with Crippen molar-refractivity contribution in [1.29, 1.82) is 0 Å². The number of hydrogen-bond acceptors (Lipinski definition) is 4. The van der Waals surface area contributed by atoms with Crippen LogP contribution in [0.3, 0.4) is 0 Å². The fraction of sp³-hybridized carbons (Fsp3) is 0.200. The molecule has 2 aliphatic rings. The van der Waals surface area contributed by atoms with Gasteiger partial charge in [0.05, 0.1) is 16.8 Å². The van der Waals surface area contributed by atoms with Gasteiger partial charge in [-0.3, -0.25) is 0 Å². The predicted molar refractivity (Wildman–Crippen MR) is 376 cm³/mol. The Morgan fingerprint density at radius 3 is 1.22 bits per heavy atom. The lowest BCUT2D eigenvalue weighted by atomic mass is 9.70. The van der Waals surface area contributed by atoms with E-state index in [4.69, 9.17) is 8.83 Å². The number of rotatable bonds is 6. The van der Waals surface area contributed by atoms with Crippen molar-refractivity contribution < 1.29 is 8.83 Å². The molecule has 1 spiro atoms. The standard InChI is InChI=1S/C85H74N2O2/c1-81(2,3)52-29-37-56(38-30-52)86(57-39-31-53(32-40-57)82(4,5)6)73-50-72-78(67-48-66-62-23-15-19-27-75(62)88-77(66)49-65(67)73)68-47-64-51(45-71(68)85(72)69-25-17-13-21-60(69)61-22-14-18-26-70(61)85)46-74(80-79(64)63-24-16-20-28-76(63)89-80)87(58-41-33-54(34-42-58)83(7,8)9)59-43-35-55(36-44-59)84(10,11)12/h13-50H,1-12H3. The number of furan rings is 2. The minimum atomic E-state index is -0.737. The van der Waals surface area contributed by atoms with E-state index in [0.717, 1.165) is 94.2 Å². The monoisotopic (exact) mass is 1150 g/mol. The fourth-order valence-corrected chi connectivity index (χ4v) is 15.0. The van der Waals surface area contributed by atoms with Crippen LogP contribution in [0.2, 0.25) is 0 Å². The molecule has 4 nitrogen and oxygen atoms in total. The van der Waals surface area contributed by atoms with Gasteiger partial charge in [-0.05, 0) is 202 Å². The summed E-state index contributed by atoms with van der Waals surface area (Å²) in [5.41, 5.74) is 24.2. The van der Waals surface area contributed by atoms with Gasteiger partial charge in [0.15, 0.2) is 5.58 Å². The van der Waals surface area contributed by atoms with Gasteiger partial charge in [0.2, 0.25) is 0 Å². The first-order valence-electron chi connectivity index (χ1n) is 31.7. The highest BCUT2D eigenvalue weighted by molar-refractivity contribution is 6.26. The van der Waals surface area contributed by atoms with E-state index in [2.05, 4.69) is 323 Å². The molecule has 0 fully saturated rings. The highest BCUT2D eigenvalue weighted by Crippen LogP contribution is 2.66. The molecule has 436 valence electrons. The van der Waals surface area contributed by atoms with E-state index in [1.807, 2.05) is 0 Å². The van der Waals surface area contributed by atoms with Crippen molar-refractivity contribution in [2.45, 2.75) is 110 Å². The molecule has 12 aromatic carbocycles. The molecule has 0 amide bonds. The number of fused-ring (bicyclic) bond motifs is 20. The predicted octanol–water partition coefficient (Wildman–Crippen LogP) is 24.3. The van der Waals surface area contributed by atoms with Gasteiger partial charge < -0.3 is 18.6 Å². The summed E-state index contributed by atoms with van der Waals surface area (Å²) in [6.45, 7) is 27.5. The maximum Gasteiger partial charge on any atom is 0.160 e. The van der Waals surface area contributed by atoms with Gasteiger partial charge >= 0.3 is 0 Å². The Morgan fingerprint density at radius 2 is 0.730 bits per heavy atom. The molecule has 0 saturated heterocycles. The summed E-state index contributed by atoms with van der Waals surface area (Å²) in [5.74, 6) is 0. The zero-order chi connectivity index (χ0) is 61.3. The zero-order valence-electron chi connectivity index (χ0n) is 53.2. The van der Waals surface area contributed by atoms with Crippen molar-refractivity contribution >= 4 is 99.5 Å². The Balaban J connectivity index is 1.06. The first-order chi connectivity index (χ1) is 42.6. The van der Waals surface area contributed by atoms with E-state index in [-0.39, 0.29) is 21.7 Å². The molecule has 16 rings (SSSR count). The van der Waals surface area contributed by atoms with Crippen LogP contribution in [0.25, 0.3) is 87.7 Å². The molecule has 4 heteroatoms. The number of nitrogens with zero attached hydrogens (tertiary/aromatic N) is 2. The van der Waals surface area contributed by atoms with Crippen LogP contribution in [0.1, 0.15) is 128 Å². The average Bonchev–Trinajstić information content (AvgIpc) is 1.50. The molecule has 0 atom stereocenters. The minimum Gasteiger partial charge on any atom is -0.456 e. The lowest BCUT2D eigenvalue weighted by molar-refractivity contribution is 0.590. The first kappa shape index (κ1) is 54.7. The lowest BCUT2D eigenvalue weighted by Gasteiger charge is -2.33. The van der Waals surface area contributed by atoms with Gasteiger partial charge in [0.1, 0.15) is 16.7 Å². The van der Waals surface area contributed by atoms with Crippen LogP contribution in [0, 0.1) is 0 Å². The molecule has 0 saturated carbocycles. The fourth-order valence-electron chi connectivity index (χ4n) is 15.0. The molecule has 0 bridgehead atoms. The van der Waals surface area contributed by atoms with Gasteiger partial charge in [-0.1, -0.05) is 217 Å². The molecule has 0 aliphatic heterocycles. The molecule has 0 N–H and O–H groups in total. The lowest BCUT2D eigenvalue weighted by Crippen LogP contribution is -2.26. The highest BCUT2D eigenvalue weighted by atomic mass is 16.3. The van der Waals surface area contributed by atoms with Crippen LogP contribution in [0.4, 0.5) is 34.1 Å². The number of hydrogen-bond donors (Lipinski definition) is 0. The van der Waals surface area contributed by atoms with E-state index in [9.17, 15) is 0 Å². The third-order valence-corrected chi connectivity index (χ3v) is 19.7. The van der Waals surface area contributed by atoms with Crippen LogP contribution in [0.5, 0.6) is 0 Å². The maximum absolute atomic E-state index is 7.32. The molecule has 14 aromatic rings. The van der Waals surface area contributed by atoms with E-state index in [1.165, 1.54) is 72.1 Å². The number of para-hydroxylation sites is 2. The Labute approximate surface area is 522 Å². The molecule has 2 heterocycles. The van der Waals surface area contributed by atoms with Crippen LogP contribution in [-0.2, 0) is 27.1 Å². The third-order valence-electron chi connectivity index (χ3n) is 19.7. The minimum absolute atomic E-state index is 0.0177. The molecule has 0 radical (unpaired) electrons. The Bertz CT molecular complexity index is 5040. The Kier molecular flexibility index (Phi) is 11.8. The molecule has 2 aliphatic carbocycles. The summed E-state index contributed by atoms with van der Waals surface area (Å²) in [6, 6.07) is 87.5. The van der Waals surface area contributed by atoms with Crippen LogP contribution in [-0.4, -0.2) is 0 Å². The van der Waals surface area contributed by atoms with Gasteiger partial charge in [0, 0.05) is 49.7 Å². The third kappa shape index (κ3) is 8.32. The molecular weight excluding hydrogens is 1080 g/mol. The normalized spacial score (nSPS) is 13.7. The SMILES string of the molecule is CC(C)(C)c1ccc(N(c2ccc(C(C)(C)C)cc2)c2cc3c(c4cc5c(cc24)oc2ccccc25)-c2cc4c(cc2C32c3ccccc3-c3ccccc32)cc(N(c2ccc(C(C)(C)C)cc2)c2ccc(C(C)(C)C)cc2)c2oc3ccccc3c24)cc1. The summed E-state index contributed by atoms with van der Waals surface area (Å²) >= 11 is 0. The van der Waals surface area contributed by atoms with Crippen LogP contribution < -0.4 is 9.80 Å².